The molecule has 0 heterocycles. The van der Waals surface area contributed by atoms with Gasteiger partial charge < -0.3 is 15.4 Å². The van der Waals surface area contributed by atoms with Gasteiger partial charge in [-0.3, -0.25) is 9.59 Å². The van der Waals surface area contributed by atoms with Crippen LogP contribution in [0, 0.1) is 17.6 Å². The molecule has 8 heteroatoms. The van der Waals surface area contributed by atoms with Crippen LogP contribution in [0.3, 0.4) is 0 Å². The lowest BCUT2D eigenvalue weighted by molar-refractivity contribution is -0.150. The van der Waals surface area contributed by atoms with Crippen molar-refractivity contribution in [2.75, 3.05) is 11.9 Å². The molecule has 2 amide bonds. The fraction of sp³-hybridized carbons (Fsp3) is 0.250. The van der Waals surface area contributed by atoms with Gasteiger partial charge in [-0.2, -0.15) is 0 Å². The van der Waals surface area contributed by atoms with Crippen LogP contribution >= 0.6 is 0 Å². The number of halogens is 2. The van der Waals surface area contributed by atoms with Gasteiger partial charge in [0.2, 0.25) is 0 Å². The third-order valence-electron chi connectivity index (χ3n) is 3.80. The summed E-state index contributed by atoms with van der Waals surface area (Å²) in [4.78, 5) is 36.4. The lowest BCUT2D eigenvalue weighted by Gasteiger charge is -2.21. The maximum Gasteiger partial charge on any atom is 0.329 e. The van der Waals surface area contributed by atoms with E-state index < -0.39 is 42.1 Å². The van der Waals surface area contributed by atoms with Gasteiger partial charge in [0.25, 0.3) is 11.8 Å². The average Bonchev–Trinajstić information content (AvgIpc) is 2.66. The van der Waals surface area contributed by atoms with Crippen LogP contribution in [0.5, 0.6) is 0 Å². The van der Waals surface area contributed by atoms with Gasteiger partial charge in [0.05, 0.1) is 5.56 Å². The van der Waals surface area contributed by atoms with Crippen LogP contribution in [0.1, 0.15) is 24.2 Å². The number of amides is 2. The Kier molecular flexibility index (Phi) is 7.20. The second-order valence-corrected chi connectivity index (χ2v) is 6.34. The Bertz CT molecular complexity index is 854. The first-order chi connectivity index (χ1) is 13.3. The minimum absolute atomic E-state index is 0.199. The molecule has 1 unspecified atom stereocenters. The van der Waals surface area contributed by atoms with Crippen LogP contribution in [0.4, 0.5) is 14.5 Å². The Morgan fingerprint density at radius 1 is 1.00 bits per heavy atom. The van der Waals surface area contributed by atoms with E-state index in [1.54, 1.807) is 13.8 Å². The molecule has 1 atom stereocenters. The van der Waals surface area contributed by atoms with E-state index in [0.717, 1.165) is 6.07 Å². The summed E-state index contributed by atoms with van der Waals surface area (Å²) in [6.07, 6.45) is 0. The molecule has 0 saturated heterocycles. The van der Waals surface area contributed by atoms with Crippen LogP contribution in [-0.4, -0.2) is 30.4 Å². The van der Waals surface area contributed by atoms with E-state index in [4.69, 9.17) is 4.74 Å². The number of anilines is 1. The minimum atomic E-state index is -1.06. The fourth-order valence-electron chi connectivity index (χ4n) is 2.32. The van der Waals surface area contributed by atoms with Gasteiger partial charge in [0.1, 0.15) is 17.7 Å². The predicted molar refractivity (Wildman–Crippen MR) is 98.5 cm³/mol. The molecule has 0 aliphatic heterocycles. The largest absolute Gasteiger partial charge is 0.454 e. The van der Waals surface area contributed by atoms with Gasteiger partial charge >= 0.3 is 5.97 Å². The highest BCUT2D eigenvalue weighted by atomic mass is 19.1. The third kappa shape index (κ3) is 5.87. The minimum Gasteiger partial charge on any atom is -0.454 e. The number of carbonyl (C=O) groups is 3. The number of hydrogen-bond donors (Lipinski definition) is 2. The molecule has 0 aliphatic carbocycles. The van der Waals surface area contributed by atoms with E-state index in [1.165, 1.54) is 42.5 Å². The van der Waals surface area contributed by atoms with Gasteiger partial charge in [0.15, 0.2) is 6.61 Å². The molecule has 2 aromatic carbocycles. The number of ether oxygens (including phenoxy) is 1. The zero-order valence-electron chi connectivity index (χ0n) is 15.4. The van der Waals surface area contributed by atoms with E-state index in [-0.39, 0.29) is 11.5 Å². The Hall–Kier alpha value is -3.29. The van der Waals surface area contributed by atoms with Crippen molar-refractivity contribution in [2.45, 2.75) is 19.9 Å². The Balaban J connectivity index is 1.93. The monoisotopic (exact) mass is 390 g/mol. The third-order valence-corrected chi connectivity index (χ3v) is 3.80. The van der Waals surface area contributed by atoms with Crippen molar-refractivity contribution in [1.29, 1.82) is 0 Å². The molecule has 0 saturated carbocycles. The molecule has 148 valence electrons. The number of nitrogens with one attached hydrogen (secondary N) is 2. The van der Waals surface area contributed by atoms with Crippen LogP contribution < -0.4 is 10.6 Å². The van der Waals surface area contributed by atoms with Crippen molar-refractivity contribution in [1.82, 2.24) is 5.32 Å². The van der Waals surface area contributed by atoms with Crippen LogP contribution in [0.25, 0.3) is 0 Å². The quantitative estimate of drug-likeness (QED) is 0.712. The molecule has 28 heavy (non-hydrogen) atoms. The highest BCUT2D eigenvalue weighted by Gasteiger charge is 2.27. The van der Waals surface area contributed by atoms with E-state index in [1.807, 2.05) is 0 Å². The van der Waals surface area contributed by atoms with Gasteiger partial charge in [-0.05, 0) is 42.3 Å². The number of hydrogen-bond acceptors (Lipinski definition) is 4. The SMILES string of the molecule is CC(C)C(NC(=O)c1ccccc1F)C(=O)OCC(=O)Nc1ccc(F)cc1. The molecule has 0 bridgehead atoms. The second-order valence-electron chi connectivity index (χ2n) is 6.34. The molecule has 2 N–H and O–H groups in total. The Morgan fingerprint density at radius 3 is 2.25 bits per heavy atom. The summed E-state index contributed by atoms with van der Waals surface area (Å²) in [6, 6.07) is 9.39. The van der Waals surface area contributed by atoms with Crippen molar-refractivity contribution in [3.05, 3.63) is 65.7 Å². The maximum absolute atomic E-state index is 13.7. The maximum atomic E-state index is 13.7. The molecule has 0 aromatic heterocycles. The first-order valence-electron chi connectivity index (χ1n) is 8.55. The van der Waals surface area contributed by atoms with Crippen molar-refractivity contribution < 1.29 is 27.9 Å². The first-order valence-corrected chi connectivity index (χ1v) is 8.55. The zero-order valence-corrected chi connectivity index (χ0v) is 15.4. The van der Waals surface area contributed by atoms with Gasteiger partial charge in [-0.1, -0.05) is 26.0 Å². The second kappa shape index (κ2) is 9.59. The predicted octanol–water partition coefficient (Wildman–Crippen LogP) is 2.90. The molecular weight excluding hydrogens is 370 g/mol. The van der Waals surface area contributed by atoms with E-state index in [0.29, 0.717) is 5.69 Å². The van der Waals surface area contributed by atoms with Crippen molar-refractivity contribution in [3.8, 4) is 0 Å². The van der Waals surface area contributed by atoms with Crippen LogP contribution in [0.15, 0.2) is 48.5 Å². The molecule has 0 aliphatic rings. The zero-order chi connectivity index (χ0) is 20.7. The van der Waals surface area contributed by atoms with E-state index in [2.05, 4.69) is 10.6 Å². The lowest BCUT2D eigenvalue weighted by atomic mass is 10.0. The molecule has 2 rings (SSSR count). The molecular formula is C20H20F2N2O4. The fourth-order valence-corrected chi connectivity index (χ4v) is 2.32. The Labute approximate surface area is 160 Å². The number of benzene rings is 2. The average molecular weight is 390 g/mol. The first kappa shape index (κ1) is 21.0. The van der Waals surface area contributed by atoms with Gasteiger partial charge in [-0.25, -0.2) is 13.6 Å². The normalized spacial score (nSPS) is 11.6. The van der Waals surface area contributed by atoms with E-state index >= 15 is 0 Å². The van der Waals surface area contributed by atoms with Crippen LogP contribution in [0.2, 0.25) is 0 Å². The summed E-state index contributed by atoms with van der Waals surface area (Å²) in [7, 11) is 0. The number of esters is 1. The highest BCUT2D eigenvalue weighted by molar-refractivity contribution is 5.97. The highest BCUT2D eigenvalue weighted by Crippen LogP contribution is 2.11. The summed E-state index contributed by atoms with van der Waals surface area (Å²) in [5, 5.41) is 4.87. The topological polar surface area (TPSA) is 84.5 Å². The molecule has 6 nitrogen and oxygen atoms in total. The summed E-state index contributed by atoms with van der Waals surface area (Å²) in [5.74, 6) is -3.73. The molecule has 0 radical (unpaired) electrons. The summed E-state index contributed by atoms with van der Waals surface area (Å²) >= 11 is 0. The molecule has 2 aromatic rings. The van der Waals surface area contributed by atoms with Gasteiger partial charge in [0, 0.05) is 5.69 Å². The number of carbonyl (C=O) groups excluding carboxylic acids is 3. The smallest absolute Gasteiger partial charge is 0.329 e. The van der Waals surface area contributed by atoms with Crippen molar-refractivity contribution in [2.24, 2.45) is 5.92 Å². The summed E-state index contributed by atoms with van der Waals surface area (Å²) in [5.41, 5.74) is 0.144. The standard InChI is InChI=1S/C20H20F2N2O4/c1-12(2)18(24-19(26)15-5-3-4-6-16(15)22)20(27)28-11-17(25)23-14-9-7-13(21)8-10-14/h3-10,12,18H,11H2,1-2H3,(H,23,25)(H,24,26). The molecule has 0 fully saturated rings. The summed E-state index contributed by atoms with van der Waals surface area (Å²) in [6.45, 7) is 2.76. The number of rotatable bonds is 7. The molecule has 0 spiro atoms. The Morgan fingerprint density at radius 2 is 1.64 bits per heavy atom. The van der Waals surface area contributed by atoms with Crippen molar-refractivity contribution >= 4 is 23.5 Å². The lowest BCUT2D eigenvalue weighted by Crippen LogP contribution is -2.46. The van der Waals surface area contributed by atoms with Crippen molar-refractivity contribution in [3.63, 3.8) is 0 Å². The van der Waals surface area contributed by atoms with E-state index in [9.17, 15) is 23.2 Å². The van der Waals surface area contributed by atoms with Gasteiger partial charge in [-0.15, -0.1) is 0 Å². The van der Waals surface area contributed by atoms with Crippen LogP contribution in [-0.2, 0) is 14.3 Å². The summed E-state index contributed by atoms with van der Waals surface area (Å²) < 4.78 is 31.5.